The van der Waals surface area contributed by atoms with E-state index in [1.54, 1.807) is 0 Å². The predicted octanol–water partition coefficient (Wildman–Crippen LogP) is 1.46. The Kier molecular flexibility index (Phi) is 11.4. The third kappa shape index (κ3) is 9.56. The van der Waals surface area contributed by atoms with Crippen LogP contribution in [0, 0.1) is 0 Å². The number of nitrogens with zero attached hydrogens (tertiary/aromatic N) is 1. The molecule has 0 heterocycles. The molecule has 0 fully saturated rings. The highest BCUT2D eigenvalue weighted by molar-refractivity contribution is 7.78. The SMILES string of the molecule is COC(=O)CCCN=C=S.Cl. The molecule has 0 aliphatic heterocycles. The van der Waals surface area contributed by atoms with E-state index in [-0.39, 0.29) is 18.4 Å². The zero-order valence-corrected chi connectivity index (χ0v) is 7.83. The maximum atomic E-state index is 10.5. The molecule has 0 aromatic heterocycles. The van der Waals surface area contributed by atoms with Crippen molar-refractivity contribution in [2.45, 2.75) is 12.8 Å². The number of aliphatic imine (C=N–C) groups is 1. The molecule has 5 heteroatoms. The van der Waals surface area contributed by atoms with Gasteiger partial charge in [-0.1, -0.05) is 0 Å². The summed E-state index contributed by atoms with van der Waals surface area (Å²) >= 11 is 4.33. The van der Waals surface area contributed by atoms with Gasteiger partial charge in [-0.15, -0.1) is 12.4 Å². The van der Waals surface area contributed by atoms with Crippen molar-refractivity contribution in [1.82, 2.24) is 0 Å². The van der Waals surface area contributed by atoms with Gasteiger partial charge in [0.2, 0.25) is 0 Å². The first-order chi connectivity index (χ1) is 4.81. The molecule has 11 heavy (non-hydrogen) atoms. The fraction of sp³-hybridized carbons (Fsp3) is 0.667. The molecule has 3 nitrogen and oxygen atoms in total. The molecular formula is C6H10ClNO2S. The number of halogens is 1. The van der Waals surface area contributed by atoms with E-state index >= 15 is 0 Å². The van der Waals surface area contributed by atoms with Gasteiger partial charge < -0.3 is 4.74 Å². The van der Waals surface area contributed by atoms with Crippen LogP contribution in [0.3, 0.4) is 0 Å². The molecule has 0 aliphatic rings. The standard InChI is InChI=1S/C6H9NO2S.ClH/c1-9-6(8)3-2-4-7-5-10;/h2-4H2,1H3;1H. The van der Waals surface area contributed by atoms with Crippen LogP contribution in [0.5, 0.6) is 0 Å². The van der Waals surface area contributed by atoms with Crippen LogP contribution < -0.4 is 0 Å². The van der Waals surface area contributed by atoms with Crippen molar-refractivity contribution in [3.8, 4) is 0 Å². The normalized spacial score (nSPS) is 7.36. The first-order valence-corrected chi connectivity index (χ1v) is 3.32. The zero-order valence-electron chi connectivity index (χ0n) is 6.20. The van der Waals surface area contributed by atoms with Gasteiger partial charge in [-0.3, -0.25) is 4.79 Å². The second-order valence-electron chi connectivity index (χ2n) is 1.65. The van der Waals surface area contributed by atoms with Gasteiger partial charge in [0.25, 0.3) is 0 Å². The smallest absolute Gasteiger partial charge is 0.305 e. The second-order valence-corrected chi connectivity index (χ2v) is 1.84. The lowest BCUT2D eigenvalue weighted by atomic mass is 10.3. The van der Waals surface area contributed by atoms with E-state index in [1.165, 1.54) is 7.11 Å². The first kappa shape index (κ1) is 13.2. The fourth-order valence-electron chi connectivity index (χ4n) is 0.450. The van der Waals surface area contributed by atoms with Crippen molar-refractivity contribution >= 4 is 35.8 Å². The van der Waals surface area contributed by atoms with Crippen molar-refractivity contribution < 1.29 is 9.53 Å². The van der Waals surface area contributed by atoms with Crippen LogP contribution in [0.4, 0.5) is 0 Å². The number of esters is 1. The summed E-state index contributed by atoms with van der Waals surface area (Å²) < 4.78 is 4.40. The van der Waals surface area contributed by atoms with E-state index in [4.69, 9.17) is 0 Å². The fourth-order valence-corrected chi connectivity index (χ4v) is 0.541. The van der Waals surface area contributed by atoms with Crippen LogP contribution in [0.1, 0.15) is 12.8 Å². The number of carbonyl (C=O) groups is 1. The largest absolute Gasteiger partial charge is 0.469 e. The average Bonchev–Trinajstić information content (AvgIpc) is 1.98. The summed E-state index contributed by atoms with van der Waals surface area (Å²) in [5.41, 5.74) is 0. The van der Waals surface area contributed by atoms with Gasteiger partial charge in [0, 0.05) is 13.0 Å². The number of methoxy groups -OCH3 is 1. The Hall–Kier alpha value is -0.440. The number of hydrogen-bond acceptors (Lipinski definition) is 4. The number of thiocarbonyl (C=S) groups is 1. The minimum atomic E-state index is -0.209. The molecule has 0 bridgehead atoms. The Balaban J connectivity index is 0. The molecule has 0 aromatic carbocycles. The van der Waals surface area contributed by atoms with Gasteiger partial charge in [0.1, 0.15) is 0 Å². The summed E-state index contributed by atoms with van der Waals surface area (Å²) in [4.78, 5) is 14.1. The zero-order chi connectivity index (χ0) is 7.82. The van der Waals surface area contributed by atoms with Gasteiger partial charge in [0.15, 0.2) is 0 Å². The quantitative estimate of drug-likeness (QED) is 0.295. The summed E-state index contributed by atoms with van der Waals surface area (Å²) in [6.45, 7) is 0.554. The van der Waals surface area contributed by atoms with Crippen molar-refractivity contribution in [3.05, 3.63) is 0 Å². The van der Waals surface area contributed by atoms with Crippen LogP contribution in [0.25, 0.3) is 0 Å². The van der Waals surface area contributed by atoms with E-state index in [9.17, 15) is 4.79 Å². The van der Waals surface area contributed by atoms with E-state index in [2.05, 4.69) is 27.1 Å². The molecule has 0 saturated heterocycles. The van der Waals surface area contributed by atoms with Gasteiger partial charge in [-0.2, -0.15) is 0 Å². The van der Waals surface area contributed by atoms with E-state index in [0.29, 0.717) is 19.4 Å². The van der Waals surface area contributed by atoms with Crippen LogP contribution in [0.15, 0.2) is 4.99 Å². The maximum absolute atomic E-state index is 10.5. The third-order valence-electron chi connectivity index (χ3n) is 0.943. The minimum absolute atomic E-state index is 0. The molecule has 0 saturated carbocycles. The topological polar surface area (TPSA) is 38.7 Å². The molecule has 0 radical (unpaired) electrons. The van der Waals surface area contributed by atoms with Gasteiger partial charge in [0.05, 0.1) is 12.3 Å². The van der Waals surface area contributed by atoms with Crippen LogP contribution >= 0.6 is 24.6 Å². The predicted molar refractivity (Wildman–Crippen MR) is 48.4 cm³/mol. The highest BCUT2D eigenvalue weighted by Gasteiger charge is 1.96. The maximum Gasteiger partial charge on any atom is 0.305 e. The molecule has 0 spiro atoms. The molecule has 0 rings (SSSR count). The highest BCUT2D eigenvalue weighted by atomic mass is 35.5. The van der Waals surface area contributed by atoms with Crippen LogP contribution in [-0.4, -0.2) is 24.8 Å². The lowest BCUT2D eigenvalue weighted by molar-refractivity contribution is -0.140. The van der Waals surface area contributed by atoms with Gasteiger partial charge in [-0.05, 0) is 18.6 Å². The van der Waals surface area contributed by atoms with Crippen LogP contribution in [-0.2, 0) is 9.53 Å². The molecule has 0 amide bonds. The summed E-state index contributed by atoms with van der Waals surface area (Å²) in [6.07, 6.45) is 1.08. The Morgan fingerprint density at radius 2 is 2.36 bits per heavy atom. The van der Waals surface area contributed by atoms with Crippen molar-refractivity contribution in [2.75, 3.05) is 13.7 Å². The number of ether oxygens (including phenoxy) is 1. The molecule has 0 N–H and O–H groups in total. The number of rotatable bonds is 4. The molecule has 64 valence electrons. The highest BCUT2D eigenvalue weighted by Crippen LogP contribution is 1.90. The molecule has 0 aromatic rings. The monoisotopic (exact) mass is 195 g/mol. The second kappa shape index (κ2) is 9.56. The lowest BCUT2D eigenvalue weighted by Gasteiger charge is -1.93. The summed E-state index contributed by atoms with van der Waals surface area (Å²) in [6, 6.07) is 0. The Morgan fingerprint density at radius 1 is 1.73 bits per heavy atom. The van der Waals surface area contributed by atoms with Gasteiger partial charge in [-0.25, -0.2) is 4.99 Å². The third-order valence-corrected chi connectivity index (χ3v) is 1.07. The number of isothiocyanates is 1. The van der Waals surface area contributed by atoms with Crippen molar-refractivity contribution in [1.29, 1.82) is 0 Å². The average molecular weight is 196 g/mol. The minimum Gasteiger partial charge on any atom is -0.469 e. The summed E-state index contributed by atoms with van der Waals surface area (Å²) in [7, 11) is 1.37. The van der Waals surface area contributed by atoms with Crippen LogP contribution in [0.2, 0.25) is 0 Å². The lowest BCUT2D eigenvalue weighted by Crippen LogP contribution is -2.00. The van der Waals surface area contributed by atoms with Crippen molar-refractivity contribution in [2.24, 2.45) is 4.99 Å². The molecule has 0 unspecified atom stereocenters. The molecule has 0 aliphatic carbocycles. The van der Waals surface area contributed by atoms with E-state index in [1.807, 2.05) is 0 Å². The van der Waals surface area contributed by atoms with E-state index in [0.717, 1.165) is 0 Å². The summed E-state index contributed by atoms with van der Waals surface area (Å²) in [5, 5.41) is 2.22. The molecular weight excluding hydrogens is 186 g/mol. The Labute approximate surface area is 77.2 Å². The Bertz CT molecular complexity index is 157. The first-order valence-electron chi connectivity index (χ1n) is 2.91. The Morgan fingerprint density at radius 3 is 2.82 bits per heavy atom. The van der Waals surface area contributed by atoms with E-state index < -0.39 is 0 Å². The number of hydrogen-bond donors (Lipinski definition) is 0. The summed E-state index contributed by atoms with van der Waals surface area (Å²) in [5.74, 6) is -0.209. The van der Waals surface area contributed by atoms with Gasteiger partial charge >= 0.3 is 5.97 Å². The molecule has 0 atom stereocenters. The number of carbonyl (C=O) groups excluding carboxylic acids is 1. The van der Waals surface area contributed by atoms with Crippen molar-refractivity contribution in [3.63, 3.8) is 0 Å².